The molecule has 0 aromatic heterocycles. The molecule has 0 saturated carbocycles. The van der Waals surface area contributed by atoms with Crippen LogP contribution in [-0.2, 0) is 0 Å². The molecule has 0 bridgehead atoms. The molecule has 0 aromatic rings. The first-order valence-corrected chi connectivity index (χ1v) is 24.8. The number of nitrogens with zero attached hydrogens (tertiary/aromatic N) is 1. The summed E-state index contributed by atoms with van der Waals surface area (Å²) in [5, 5.41) is 2.93. The number of halogens is 4. The Hall–Kier alpha value is 2.52. The average Bonchev–Trinajstić information content (AvgIpc) is 1.88. The van der Waals surface area contributed by atoms with Gasteiger partial charge in [0.2, 0.25) is 0 Å². The first-order chi connectivity index (χ1) is 4.70. The van der Waals surface area contributed by atoms with Crippen molar-refractivity contribution in [3.05, 3.63) is 4.91 Å². The normalized spacial score (nSPS) is 15.3. The Labute approximate surface area is 91.2 Å². The first-order valence-electron chi connectivity index (χ1n) is 2.51. The van der Waals surface area contributed by atoms with Crippen molar-refractivity contribution < 1.29 is 34.5 Å². The molecule has 0 heterocycles. The van der Waals surface area contributed by atoms with E-state index in [1.54, 1.807) is 0 Å². The number of hydrogen-bond donors (Lipinski definition) is 0. The Bertz CT molecular complexity index is 101. The molecule has 0 aliphatic heterocycles. The topological polar surface area (TPSA) is 29.4 Å². The van der Waals surface area contributed by atoms with Crippen LogP contribution >= 0.6 is 26.5 Å². The van der Waals surface area contributed by atoms with Gasteiger partial charge in [0.1, 0.15) is 0 Å². The Morgan fingerprint density at radius 1 is 1.80 bits per heavy atom. The van der Waals surface area contributed by atoms with Gasteiger partial charge in [-0.1, -0.05) is 0 Å². The maximum absolute atomic E-state index is 9.88. The third-order valence-electron chi connectivity index (χ3n) is 0.637. The molecule has 2 nitrogen and oxygen atoms in total. The molecule has 0 N–H and O–H groups in total. The van der Waals surface area contributed by atoms with Gasteiger partial charge in [0.05, 0.1) is 0 Å². The van der Waals surface area contributed by atoms with Crippen molar-refractivity contribution in [3.63, 3.8) is 0 Å². The summed E-state index contributed by atoms with van der Waals surface area (Å²) >= 11 is 3.61. The fourth-order valence-corrected chi connectivity index (χ4v) is 43.0. The molecule has 0 rings (SSSR count). The first kappa shape index (κ1) is 12.5. The second-order valence-corrected chi connectivity index (χ2v) is 62.3. The van der Waals surface area contributed by atoms with E-state index in [2.05, 4.69) is 35.6 Å². The molecule has 1 unspecified atom stereocenters. The second-order valence-electron chi connectivity index (χ2n) is 1.48. The van der Waals surface area contributed by atoms with Crippen LogP contribution in [0.1, 0.15) is 6.92 Å². The Kier molecular flexibility index (Phi) is 10.2. The number of alkyl halides is 2. The molecule has 0 fully saturated rings. The second kappa shape index (κ2) is 8.13. The Balaban J connectivity index is 3.35. The third kappa shape index (κ3) is 7.18. The zero-order valence-electron chi connectivity index (χ0n) is 5.65. The molecule has 0 radical (unpaired) electrons. The van der Waals surface area contributed by atoms with Crippen LogP contribution in [0.3, 0.4) is 0 Å². The van der Waals surface area contributed by atoms with Crippen LogP contribution in [0.25, 0.3) is 0 Å². The van der Waals surface area contributed by atoms with Gasteiger partial charge in [-0.25, -0.2) is 0 Å². The summed E-state index contributed by atoms with van der Waals surface area (Å²) in [4.78, 5) is 12.2. The maximum atomic E-state index is 9.88. The van der Waals surface area contributed by atoms with Gasteiger partial charge in [0, 0.05) is 0 Å². The van der Waals surface area contributed by atoms with Gasteiger partial charge < -0.3 is 0 Å². The van der Waals surface area contributed by atoms with Crippen molar-refractivity contribution in [2.45, 2.75) is 10.8 Å². The minimum absolute atomic E-state index is 0.391. The zero-order chi connectivity index (χ0) is 7.98. The monoisotopic (exact) mass is 595 g/mol. The van der Waals surface area contributed by atoms with E-state index in [0.29, 0.717) is 44.9 Å². The molecule has 0 aliphatic rings. The van der Waals surface area contributed by atoms with E-state index in [9.17, 15) is 4.91 Å². The van der Waals surface area contributed by atoms with Crippen molar-refractivity contribution >= 4 is 26.5 Å². The zero-order valence-corrected chi connectivity index (χ0v) is 14.3. The van der Waals surface area contributed by atoms with E-state index in [4.69, 9.17) is 0 Å². The minimum atomic E-state index is -0.434. The molecule has 0 aromatic carbocycles. The summed E-state index contributed by atoms with van der Waals surface area (Å²) < 4.78 is 0.665. The van der Waals surface area contributed by atoms with Crippen LogP contribution in [0.4, 0.5) is 0 Å². The third-order valence-corrected chi connectivity index (χ3v) is 58.5. The molecule has 6 heteroatoms. The van der Waals surface area contributed by atoms with Gasteiger partial charge in [-0.3, -0.25) is 0 Å². The van der Waals surface area contributed by atoms with E-state index >= 15 is 0 Å². The van der Waals surface area contributed by atoms with Crippen molar-refractivity contribution in [2.75, 3.05) is 11.5 Å². The SMILES string of the molecule is C[I-]I(I)[I-]C(C)CN=O. The summed E-state index contributed by atoms with van der Waals surface area (Å²) in [7, 11) is -0.434. The number of hydrogen-bond acceptors (Lipinski definition) is 2. The summed E-state index contributed by atoms with van der Waals surface area (Å²) in [5.41, 5.74) is 0. The molecular formula is C4H9I4NO-2. The molecule has 66 valence electrons. The van der Waals surface area contributed by atoms with Crippen LogP contribution in [0.2, 0.25) is 0 Å². The molecule has 0 saturated heterocycles. The van der Waals surface area contributed by atoms with Gasteiger partial charge >= 0.3 is 93.4 Å². The summed E-state index contributed by atoms with van der Waals surface area (Å²) in [6.07, 6.45) is 0. The molecule has 1 atom stereocenters. The van der Waals surface area contributed by atoms with Crippen molar-refractivity contribution in [1.29, 1.82) is 0 Å². The molecule has 0 spiro atoms. The van der Waals surface area contributed by atoms with Gasteiger partial charge in [-0.05, 0) is 0 Å². The predicted octanol–water partition coefficient (Wildman–Crippen LogP) is -3.36. The van der Waals surface area contributed by atoms with Gasteiger partial charge in [0.25, 0.3) is 0 Å². The molecule has 0 aliphatic carbocycles. The van der Waals surface area contributed by atoms with Crippen LogP contribution in [0.5, 0.6) is 0 Å². The summed E-state index contributed by atoms with van der Waals surface area (Å²) in [6.45, 7) is 2.76. The Morgan fingerprint density at radius 3 is 2.80 bits per heavy atom. The molecule has 0 amide bonds. The van der Waals surface area contributed by atoms with E-state index in [0.717, 1.165) is 0 Å². The average molecular weight is 595 g/mol. The van der Waals surface area contributed by atoms with E-state index < -0.39 is 7.89 Å². The molecular weight excluding hydrogens is 586 g/mol. The van der Waals surface area contributed by atoms with Crippen molar-refractivity contribution in [2.24, 2.45) is 5.18 Å². The molecule has 10 heavy (non-hydrogen) atoms. The fraction of sp³-hybridized carbons (Fsp3) is 1.00. The summed E-state index contributed by atoms with van der Waals surface area (Å²) in [6, 6.07) is 0. The van der Waals surface area contributed by atoms with Gasteiger partial charge in [-0.2, -0.15) is 0 Å². The van der Waals surface area contributed by atoms with Crippen LogP contribution < -0.4 is 34.5 Å². The quantitative estimate of drug-likeness (QED) is 0.186. The van der Waals surface area contributed by atoms with E-state index in [1.807, 2.05) is 0 Å². The van der Waals surface area contributed by atoms with E-state index in [-0.39, 0.29) is 0 Å². The van der Waals surface area contributed by atoms with Crippen LogP contribution in [0, 0.1) is 4.91 Å². The van der Waals surface area contributed by atoms with Crippen molar-refractivity contribution in [1.82, 2.24) is 0 Å². The predicted molar refractivity (Wildman–Crippen MR) is 54.1 cm³/mol. The fourth-order valence-electron chi connectivity index (χ4n) is 0.266. The number of nitroso groups, excluding NO2 is 1. The van der Waals surface area contributed by atoms with Gasteiger partial charge in [-0.15, -0.1) is 0 Å². The summed E-state index contributed by atoms with van der Waals surface area (Å²) in [5.74, 6) is 0. The van der Waals surface area contributed by atoms with Crippen LogP contribution in [-0.4, -0.2) is 15.4 Å². The number of rotatable bonds is 5. The van der Waals surface area contributed by atoms with Crippen molar-refractivity contribution in [3.8, 4) is 0 Å². The Morgan fingerprint density at radius 2 is 2.40 bits per heavy atom. The van der Waals surface area contributed by atoms with E-state index in [1.165, 1.54) is 0 Å². The van der Waals surface area contributed by atoms with Gasteiger partial charge in [0.15, 0.2) is 0 Å². The van der Waals surface area contributed by atoms with Crippen LogP contribution in [0.15, 0.2) is 5.18 Å². The standard InChI is InChI=1S/C4H9I4NO/c1-4(3-9-10)7-8(5)6-2/h4H,3H2,1-2H3/q-2.